The highest BCUT2D eigenvalue weighted by atomic mass is 16.5. The van der Waals surface area contributed by atoms with Crippen molar-refractivity contribution in [3.8, 4) is 0 Å². The number of esters is 1. The van der Waals surface area contributed by atoms with Crippen LogP contribution >= 0.6 is 0 Å². The van der Waals surface area contributed by atoms with E-state index < -0.39 is 0 Å². The van der Waals surface area contributed by atoms with Gasteiger partial charge >= 0.3 is 5.97 Å². The third kappa shape index (κ3) is 24.9. The SMILES string of the molecule is CCCCC/C=C\CCCOC(=O)CCCCCCCC/C=C/CCCCCC. The summed E-state index contributed by atoms with van der Waals surface area (Å²) in [5, 5.41) is 0. The highest BCUT2D eigenvalue weighted by molar-refractivity contribution is 5.69. The number of allylic oxidation sites excluding steroid dienone is 4. The highest BCUT2D eigenvalue weighted by Gasteiger charge is 2.01. The fourth-order valence-electron chi connectivity index (χ4n) is 3.37. The van der Waals surface area contributed by atoms with Crippen LogP contribution in [0.4, 0.5) is 0 Å². The largest absolute Gasteiger partial charge is 0.466 e. The molecule has 0 aromatic rings. The molecule has 0 aliphatic carbocycles. The van der Waals surface area contributed by atoms with Crippen molar-refractivity contribution in [1.29, 1.82) is 0 Å². The average Bonchev–Trinajstić information content (AvgIpc) is 2.72. The maximum atomic E-state index is 11.7. The van der Waals surface area contributed by atoms with Crippen molar-refractivity contribution < 1.29 is 9.53 Å². The third-order valence-electron chi connectivity index (χ3n) is 5.31. The zero-order chi connectivity index (χ0) is 21.3. The fraction of sp³-hybridized carbons (Fsp3) is 0.815. The van der Waals surface area contributed by atoms with Crippen LogP contribution in [0.3, 0.4) is 0 Å². The van der Waals surface area contributed by atoms with Crippen molar-refractivity contribution in [2.75, 3.05) is 6.61 Å². The number of hydrogen-bond acceptors (Lipinski definition) is 2. The van der Waals surface area contributed by atoms with Gasteiger partial charge in [-0.2, -0.15) is 0 Å². The molecule has 170 valence electrons. The van der Waals surface area contributed by atoms with Crippen LogP contribution in [0, 0.1) is 0 Å². The molecule has 0 N–H and O–H groups in total. The second kappa shape index (κ2) is 25.0. The Kier molecular flexibility index (Phi) is 24.1. The van der Waals surface area contributed by atoms with Gasteiger partial charge in [-0.1, -0.05) is 95.9 Å². The highest BCUT2D eigenvalue weighted by Crippen LogP contribution is 2.10. The first-order valence-corrected chi connectivity index (χ1v) is 12.8. The molecule has 2 heteroatoms. The van der Waals surface area contributed by atoms with Crippen LogP contribution in [0.15, 0.2) is 24.3 Å². The fourth-order valence-corrected chi connectivity index (χ4v) is 3.37. The molecule has 0 aliphatic rings. The van der Waals surface area contributed by atoms with Crippen molar-refractivity contribution in [2.24, 2.45) is 0 Å². The van der Waals surface area contributed by atoms with E-state index in [4.69, 9.17) is 4.74 Å². The van der Waals surface area contributed by atoms with Crippen LogP contribution in [0.2, 0.25) is 0 Å². The lowest BCUT2D eigenvalue weighted by Crippen LogP contribution is -2.05. The van der Waals surface area contributed by atoms with Gasteiger partial charge in [0.05, 0.1) is 6.61 Å². The van der Waals surface area contributed by atoms with Crippen LogP contribution in [-0.4, -0.2) is 12.6 Å². The van der Waals surface area contributed by atoms with Gasteiger partial charge < -0.3 is 4.74 Å². The predicted octanol–water partition coefficient (Wildman–Crippen LogP) is 9.09. The summed E-state index contributed by atoms with van der Waals surface area (Å²) in [6.07, 6.45) is 32.1. The Morgan fingerprint density at radius 1 is 0.552 bits per heavy atom. The Morgan fingerprint density at radius 2 is 0.966 bits per heavy atom. The molecule has 0 spiro atoms. The molecule has 0 aliphatic heterocycles. The molecule has 0 aromatic carbocycles. The van der Waals surface area contributed by atoms with Crippen LogP contribution in [0.1, 0.15) is 136 Å². The van der Waals surface area contributed by atoms with E-state index in [9.17, 15) is 4.79 Å². The maximum Gasteiger partial charge on any atom is 0.305 e. The topological polar surface area (TPSA) is 26.3 Å². The molecular formula is C27H50O2. The number of hydrogen-bond donors (Lipinski definition) is 0. The summed E-state index contributed by atoms with van der Waals surface area (Å²) < 4.78 is 5.32. The van der Waals surface area contributed by atoms with Crippen LogP contribution in [0.5, 0.6) is 0 Å². The predicted molar refractivity (Wildman–Crippen MR) is 128 cm³/mol. The molecule has 0 amide bonds. The van der Waals surface area contributed by atoms with Gasteiger partial charge in [-0.05, 0) is 57.8 Å². The summed E-state index contributed by atoms with van der Waals surface area (Å²) in [6, 6.07) is 0. The molecule has 0 rings (SSSR count). The molecule has 0 fully saturated rings. The van der Waals surface area contributed by atoms with Crippen molar-refractivity contribution in [1.82, 2.24) is 0 Å². The summed E-state index contributed by atoms with van der Waals surface area (Å²) in [7, 11) is 0. The maximum absolute atomic E-state index is 11.7. The molecule has 2 nitrogen and oxygen atoms in total. The molecule has 0 radical (unpaired) electrons. The minimum absolute atomic E-state index is 0.0130. The summed E-state index contributed by atoms with van der Waals surface area (Å²) in [5.74, 6) is -0.0130. The van der Waals surface area contributed by atoms with E-state index in [-0.39, 0.29) is 5.97 Å². The molecule has 0 saturated carbocycles. The minimum atomic E-state index is -0.0130. The van der Waals surface area contributed by atoms with Gasteiger partial charge in [-0.3, -0.25) is 4.79 Å². The molecule has 0 saturated heterocycles. The van der Waals surface area contributed by atoms with Gasteiger partial charge in [0, 0.05) is 6.42 Å². The Balaban J connectivity index is 3.24. The van der Waals surface area contributed by atoms with E-state index in [2.05, 4.69) is 38.2 Å². The first-order valence-electron chi connectivity index (χ1n) is 12.8. The molecule has 0 aromatic heterocycles. The average molecular weight is 407 g/mol. The third-order valence-corrected chi connectivity index (χ3v) is 5.31. The Morgan fingerprint density at radius 3 is 1.55 bits per heavy atom. The second-order valence-corrected chi connectivity index (χ2v) is 8.31. The van der Waals surface area contributed by atoms with Crippen molar-refractivity contribution in [3.63, 3.8) is 0 Å². The van der Waals surface area contributed by atoms with Crippen LogP contribution in [0.25, 0.3) is 0 Å². The summed E-state index contributed by atoms with van der Waals surface area (Å²) in [5.41, 5.74) is 0. The lowest BCUT2D eigenvalue weighted by atomic mass is 10.1. The normalized spacial score (nSPS) is 11.7. The monoisotopic (exact) mass is 406 g/mol. The standard InChI is InChI=1S/C27H50O2/c1-3-5-7-9-11-13-14-15-16-17-18-19-21-23-25-27(28)29-26-24-22-20-12-10-8-6-4-2/h12-14,20H,3-11,15-19,21-26H2,1-2H3/b14-13+,20-12-. The van der Waals surface area contributed by atoms with E-state index in [1.807, 2.05) is 0 Å². The van der Waals surface area contributed by atoms with Crippen molar-refractivity contribution >= 4 is 5.97 Å². The van der Waals surface area contributed by atoms with E-state index in [0.29, 0.717) is 13.0 Å². The lowest BCUT2D eigenvalue weighted by Gasteiger charge is -2.04. The van der Waals surface area contributed by atoms with Crippen LogP contribution < -0.4 is 0 Å². The molecule has 0 unspecified atom stereocenters. The van der Waals surface area contributed by atoms with Gasteiger partial charge in [-0.15, -0.1) is 0 Å². The Hall–Kier alpha value is -1.05. The second-order valence-electron chi connectivity index (χ2n) is 8.31. The lowest BCUT2D eigenvalue weighted by molar-refractivity contribution is -0.143. The van der Waals surface area contributed by atoms with E-state index >= 15 is 0 Å². The summed E-state index contributed by atoms with van der Waals surface area (Å²) in [6.45, 7) is 5.07. The van der Waals surface area contributed by atoms with Gasteiger partial charge in [0.15, 0.2) is 0 Å². The smallest absolute Gasteiger partial charge is 0.305 e. The molecule has 0 heterocycles. The van der Waals surface area contributed by atoms with Gasteiger partial charge in [0.2, 0.25) is 0 Å². The number of ether oxygens (including phenoxy) is 1. The zero-order valence-corrected chi connectivity index (χ0v) is 19.8. The van der Waals surface area contributed by atoms with Crippen molar-refractivity contribution in [3.05, 3.63) is 24.3 Å². The van der Waals surface area contributed by atoms with Crippen LogP contribution in [-0.2, 0) is 9.53 Å². The van der Waals surface area contributed by atoms with Crippen molar-refractivity contribution in [2.45, 2.75) is 136 Å². The number of rotatable bonds is 22. The Labute approximate surface area is 182 Å². The quantitative estimate of drug-likeness (QED) is 0.102. The molecule has 0 bridgehead atoms. The summed E-state index contributed by atoms with van der Waals surface area (Å²) in [4.78, 5) is 11.7. The Bertz CT molecular complexity index is 384. The zero-order valence-electron chi connectivity index (χ0n) is 19.8. The number of carbonyl (C=O) groups excluding carboxylic acids is 1. The first kappa shape index (κ1) is 27.9. The van der Waals surface area contributed by atoms with Gasteiger partial charge in [0.25, 0.3) is 0 Å². The van der Waals surface area contributed by atoms with E-state index in [1.165, 1.54) is 89.9 Å². The van der Waals surface area contributed by atoms with Gasteiger partial charge in [-0.25, -0.2) is 0 Å². The van der Waals surface area contributed by atoms with E-state index in [1.54, 1.807) is 0 Å². The summed E-state index contributed by atoms with van der Waals surface area (Å²) >= 11 is 0. The van der Waals surface area contributed by atoms with E-state index in [0.717, 1.165) is 25.7 Å². The molecule has 0 atom stereocenters. The first-order chi connectivity index (χ1) is 14.3. The molecular weight excluding hydrogens is 356 g/mol. The minimum Gasteiger partial charge on any atom is -0.466 e. The number of carbonyl (C=O) groups is 1. The van der Waals surface area contributed by atoms with Gasteiger partial charge in [0.1, 0.15) is 0 Å². The number of unbranched alkanes of at least 4 members (excludes halogenated alkanes) is 14. The molecule has 29 heavy (non-hydrogen) atoms.